The Kier molecular flexibility index (Phi) is 5.17. The number of aromatic amines is 1. The highest BCUT2D eigenvalue weighted by Crippen LogP contribution is 2.19. The summed E-state index contributed by atoms with van der Waals surface area (Å²) in [7, 11) is 0.293. The number of imidazole rings is 1. The molecule has 0 spiro atoms. The van der Waals surface area contributed by atoms with Crippen LogP contribution >= 0.6 is 12.2 Å². The number of nitrogens with zero attached hydrogens (tertiary/aromatic N) is 2. The number of methoxy groups -OCH3 is 1. The van der Waals surface area contributed by atoms with Crippen molar-refractivity contribution in [2.45, 2.75) is 11.6 Å². The molecule has 0 bridgehead atoms. The smallest absolute Gasteiger partial charge is 0.201 e. The summed E-state index contributed by atoms with van der Waals surface area (Å²) in [4.78, 5) is 11.1. The summed E-state index contributed by atoms with van der Waals surface area (Å²) in [6.45, 7) is 0.550. The highest BCUT2D eigenvalue weighted by atomic mass is 32.2. The maximum Gasteiger partial charge on any atom is 0.201 e. The van der Waals surface area contributed by atoms with Gasteiger partial charge in [-0.1, -0.05) is 6.08 Å². The van der Waals surface area contributed by atoms with Gasteiger partial charge in [-0.25, -0.2) is 14.2 Å². The summed E-state index contributed by atoms with van der Waals surface area (Å²) < 4.78 is 17.2. The molecule has 104 valence electrons. The van der Waals surface area contributed by atoms with Gasteiger partial charge in [0, 0.05) is 11.5 Å². The Morgan fingerprint density at radius 2 is 2.45 bits per heavy atom. The number of hydrogen-bond acceptors (Lipinski definition) is 5. The Labute approximate surface area is 124 Å². The van der Waals surface area contributed by atoms with Crippen LogP contribution in [0.5, 0.6) is 5.75 Å². The molecule has 20 heavy (non-hydrogen) atoms. The minimum absolute atomic E-state index is 0.419. The van der Waals surface area contributed by atoms with E-state index in [4.69, 9.17) is 4.74 Å². The number of isothiocyanates is 1. The van der Waals surface area contributed by atoms with Crippen LogP contribution in [-0.2, 0) is 10.8 Å². The molecule has 1 heterocycles. The van der Waals surface area contributed by atoms with E-state index in [-0.39, 0.29) is 0 Å². The molecule has 1 aromatic carbocycles. The summed E-state index contributed by atoms with van der Waals surface area (Å²) in [5.41, 5.74) is 1.55. The number of fused-ring (bicyclic) bond motifs is 1. The molecule has 2 rings (SSSR count). The Morgan fingerprint density at radius 3 is 3.20 bits per heavy atom. The van der Waals surface area contributed by atoms with Crippen LogP contribution in [0, 0.1) is 0 Å². The van der Waals surface area contributed by atoms with Crippen LogP contribution in [0.3, 0.4) is 0 Å². The average Bonchev–Trinajstić information content (AvgIpc) is 2.89. The molecule has 7 heteroatoms. The monoisotopic (exact) mass is 307 g/mol. The van der Waals surface area contributed by atoms with Gasteiger partial charge in [0.15, 0.2) is 0 Å². The Morgan fingerprint density at radius 1 is 1.60 bits per heavy atom. The van der Waals surface area contributed by atoms with Gasteiger partial charge in [0.2, 0.25) is 5.16 Å². The standard InChI is InChI=1S/C13H13N3O2S2/c1-18-10-4-5-11-12(8-10)16-13(15-11)20(17)7-3-2-6-14-9-19/h3-5,7-8H,2,6H2,1H3,(H,15,16)/b7-3+. The maximum atomic E-state index is 12.0. The maximum absolute atomic E-state index is 12.0. The first-order valence-electron chi connectivity index (χ1n) is 5.89. The lowest BCUT2D eigenvalue weighted by molar-refractivity contribution is 0.415. The molecule has 0 fully saturated rings. The summed E-state index contributed by atoms with van der Waals surface area (Å²) >= 11 is 4.46. The fourth-order valence-corrected chi connectivity index (χ4v) is 2.52. The van der Waals surface area contributed by atoms with Gasteiger partial charge in [0.05, 0.1) is 29.8 Å². The van der Waals surface area contributed by atoms with Crippen LogP contribution in [0.4, 0.5) is 0 Å². The lowest BCUT2D eigenvalue weighted by Gasteiger charge is -1.96. The van der Waals surface area contributed by atoms with Crippen molar-refractivity contribution in [2.24, 2.45) is 4.99 Å². The number of benzene rings is 1. The molecule has 0 aliphatic carbocycles. The quantitative estimate of drug-likeness (QED) is 0.506. The number of H-pyrrole nitrogens is 1. The van der Waals surface area contributed by atoms with E-state index in [1.165, 1.54) is 0 Å². The van der Waals surface area contributed by atoms with Gasteiger partial charge in [-0.2, -0.15) is 0 Å². The van der Waals surface area contributed by atoms with Crippen molar-refractivity contribution >= 4 is 39.2 Å². The van der Waals surface area contributed by atoms with Crippen LogP contribution in [0.2, 0.25) is 0 Å². The molecule has 0 amide bonds. The van der Waals surface area contributed by atoms with Crippen LogP contribution in [0.15, 0.2) is 39.8 Å². The predicted octanol–water partition coefficient (Wildman–Crippen LogP) is 2.69. The van der Waals surface area contributed by atoms with Gasteiger partial charge in [-0.15, -0.1) is 0 Å². The van der Waals surface area contributed by atoms with Crippen molar-refractivity contribution < 1.29 is 8.95 Å². The molecular formula is C13H13N3O2S2. The van der Waals surface area contributed by atoms with Gasteiger partial charge in [-0.3, -0.25) is 0 Å². The molecule has 1 atom stereocenters. The van der Waals surface area contributed by atoms with E-state index in [1.54, 1.807) is 18.6 Å². The van der Waals surface area contributed by atoms with E-state index in [9.17, 15) is 4.21 Å². The number of ether oxygens (including phenoxy) is 1. The number of nitrogens with one attached hydrogen (secondary N) is 1. The number of hydrogen-bond donors (Lipinski definition) is 1. The third-order valence-electron chi connectivity index (χ3n) is 2.55. The first-order chi connectivity index (χ1) is 9.74. The van der Waals surface area contributed by atoms with Crippen LogP contribution in [0.1, 0.15) is 6.42 Å². The molecule has 2 aromatic rings. The lowest BCUT2D eigenvalue weighted by atomic mass is 10.3. The van der Waals surface area contributed by atoms with Crippen LogP contribution in [0.25, 0.3) is 11.0 Å². The van der Waals surface area contributed by atoms with E-state index >= 15 is 0 Å². The summed E-state index contributed by atoms with van der Waals surface area (Å²) in [5, 5.41) is 4.29. The molecule has 1 N–H and O–H groups in total. The van der Waals surface area contributed by atoms with Crippen molar-refractivity contribution in [1.82, 2.24) is 9.97 Å². The minimum Gasteiger partial charge on any atom is -0.497 e. The summed E-state index contributed by atoms with van der Waals surface area (Å²) in [6.07, 6.45) is 2.46. The van der Waals surface area contributed by atoms with Gasteiger partial charge in [0.25, 0.3) is 0 Å². The van der Waals surface area contributed by atoms with Gasteiger partial charge in [0.1, 0.15) is 16.5 Å². The molecule has 0 aliphatic heterocycles. The normalized spacial score (nSPS) is 12.4. The largest absolute Gasteiger partial charge is 0.497 e. The van der Waals surface area contributed by atoms with Crippen molar-refractivity contribution in [3.8, 4) is 5.75 Å². The zero-order chi connectivity index (χ0) is 14.4. The lowest BCUT2D eigenvalue weighted by Crippen LogP contribution is -1.89. The molecule has 5 nitrogen and oxygen atoms in total. The molecule has 0 saturated carbocycles. The van der Waals surface area contributed by atoms with Crippen LogP contribution in [-0.4, -0.2) is 33.0 Å². The predicted molar refractivity (Wildman–Crippen MR) is 82.7 cm³/mol. The van der Waals surface area contributed by atoms with E-state index < -0.39 is 10.8 Å². The van der Waals surface area contributed by atoms with E-state index in [2.05, 4.69) is 32.3 Å². The van der Waals surface area contributed by atoms with Crippen molar-refractivity contribution in [3.05, 3.63) is 29.7 Å². The topological polar surface area (TPSA) is 67.3 Å². The first-order valence-corrected chi connectivity index (χ1v) is 7.51. The average molecular weight is 307 g/mol. The first kappa shape index (κ1) is 14.6. The molecule has 0 aliphatic rings. The molecular weight excluding hydrogens is 294 g/mol. The third kappa shape index (κ3) is 3.60. The molecule has 1 aromatic heterocycles. The molecule has 0 saturated heterocycles. The van der Waals surface area contributed by atoms with Crippen LogP contribution < -0.4 is 4.74 Å². The summed E-state index contributed by atoms with van der Waals surface area (Å²) in [6, 6.07) is 5.46. The minimum atomic E-state index is -1.31. The second kappa shape index (κ2) is 7.09. The Bertz CT molecular complexity index is 703. The zero-order valence-corrected chi connectivity index (χ0v) is 12.5. The Hall–Kier alpha value is -1.82. The SMILES string of the molecule is COc1ccc2nc(S(=O)/C=C/CCN=C=S)[nH]c2c1. The van der Waals surface area contributed by atoms with E-state index in [1.807, 2.05) is 18.2 Å². The molecule has 0 radical (unpaired) electrons. The fraction of sp³-hybridized carbons (Fsp3) is 0.231. The van der Waals surface area contributed by atoms with E-state index in [0.29, 0.717) is 18.1 Å². The number of rotatable bonds is 6. The third-order valence-corrected chi connectivity index (χ3v) is 3.69. The highest BCUT2D eigenvalue weighted by Gasteiger charge is 2.07. The fourth-order valence-electron chi connectivity index (χ4n) is 1.59. The second-order valence-electron chi connectivity index (χ2n) is 3.86. The number of aliphatic imine (C=N–C) groups is 1. The number of thiocarbonyl (C=S) groups is 1. The molecule has 1 unspecified atom stereocenters. The van der Waals surface area contributed by atoms with Crippen molar-refractivity contribution in [3.63, 3.8) is 0 Å². The van der Waals surface area contributed by atoms with Gasteiger partial charge < -0.3 is 9.72 Å². The van der Waals surface area contributed by atoms with Crippen molar-refractivity contribution in [1.29, 1.82) is 0 Å². The van der Waals surface area contributed by atoms with Crippen molar-refractivity contribution in [2.75, 3.05) is 13.7 Å². The van der Waals surface area contributed by atoms with Gasteiger partial charge >= 0.3 is 0 Å². The zero-order valence-electron chi connectivity index (χ0n) is 10.8. The second-order valence-corrected chi connectivity index (χ2v) is 5.29. The van der Waals surface area contributed by atoms with E-state index in [0.717, 1.165) is 16.8 Å². The highest BCUT2D eigenvalue weighted by molar-refractivity contribution is 7.87. The summed E-state index contributed by atoms with van der Waals surface area (Å²) in [5.74, 6) is 0.729. The van der Waals surface area contributed by atoms with Gasteiger partial charge in [-0.05, 0) is 30.8 Å². The number of aromatic nitrogens is 2. The Balaban J connectivity index is 2.12.